The highest BCUT2D eigenvalue weighted by atomic mass is 15.3. The lowest BCUT2D eigenvalue weighted by atomic mass is 9.90. The van der Waals surface area contributed by atoms with Crippen LogP contribution >= 0.6 is 0 Å². The topological polar surface area (TPSA) is 33.1 Å². The molecule has 4 heteroatoms. The molecule has 1 N–H and O–H groups in total. The molecule has 1 aliphatic carbocycles. The summed E-state index contributed by atoms with van der Waals surface area (Å²) < 4.78 is 2.22. The smallest absolute Gasteiger partial charge is 0.0764 e. The Morgan fingerprint density at radius 3 is 2.76 bits per heavy atom. The van der Waals surface area contributed by atoms with Gasteiger partial charge in [-0.2, -0.15) is 5.10 Å². The van der Waals surface area contributed by atoms with E-state index >= 15 is 0 Å². The van der Waals surface area contributed by atoms with Crippen LogP contribution in [0.2, 0.25) is 0 Å². The maximum absolute atomic E-state index is 4.84. The first-order chi connectivity index (χ1) is 10.2. The van der Waals surface area contributed by atoms with Gasteiger partial charge in [-0.15, -0.1) is 0 Å². The first-order valence-electron chi connectivity index (χ1n) is 8.76. The second-order valence-electron chi connectivity index (χ2n) is 6.85. The number of nitrogens with one attached hydrogen (secondary N) is 1. The van der Waals surface area contributed by atoms with Crippen LogP contribution in [-0.4, -0.2) is 39.9 Å². The molecule has 0 amide bonds. The van der Waals surface area contributed by atoms with E-state index in [0.717, 1.165) is 26.2 Å². The summed E-state index contributed by atoms with van der Waals surface area (Å²) in [5.41, 5.74) is 1.55. The van der Waals surface area contributed by atoms with Gasteiger partial charge >= 0.3 is 0 Å². The standard InChI is InChI=1S/C17H30N4/c1-3-17(4-2)14-20(12-10-18-17)13-15-9-11-21(19-15)16-7-5-6-8-16/h9,11,16,18H,3-8,10,12-14H2,1-2H3. The number of nitrogens with zero attached hydrogens (tertiary/aromatic N) is 3. The molecule has 3 rings (SSSR count). The Morgan fingerprint density at radius 2 is 2.05 bits per heavy atom. The highest BCUT2D eigenvalue weighted by molar-refractivity contribution is 5.02. The summed E-state index contributed by atoms with van der Waals surface area (Å²) in [6.45, 7) is 8.99. The fourth-order valence-electron chi connectivity index (χ4n) is 3.96. The minimum atomic E-state index is 0.312. The lowest BCUT2D eigenvalue weighted by Crippen LogP contribution is -2.59. The fourth-order valence-corrected chi connectivity index (χ4v) is 3.96. The number of aromatic nitrogens is 2. The Hall–Kier alpha value is -0.870. The van der Waals surface area contributed by atoms with E-state index in [1.165, 1.54) is 44.2 Å². The van der Waals surface area contributed by atoms with Crippen LogP contribution in [0.25, 0.3) is 0 Å². The summed E-state index contributed by atoms with van der Waals surface area (Å²) in [5.74, 6) is 0. The van der Waals surface area contributed by atoms with Crippen molar-refractivity contribution < 1.29 is 0 Å². The molecule has 1 saturated carbocycles. The highest BCUT2D eigenvalue weighted by Crippen LogP contribution is 2.29. The van der Waals surface area contributed by atoms with Crippen molar-refractivity contribution in [1.82, 2.24) is 20.0 Å². The summed E-state index contributed by atoms with van der Waals surface area (Å²) in [7, 11) is 0. The Balaban J connectivity index is 1.61. The summed E-state index contributed by atoms with van der Waals surface area (Å²) in [5, 5.41) is 8.57. The molecule has 2 fully saturated rings. The van der Waals surface area contributed by atoms with Crippen LogP contribution in [0.15, 0.2) is 12.3 Å². The molecule has 118 valence electrons. The molecule has 1 aromatic rings. The SMILES string of the molecule is CCC1(CC)CN(Cc2ccn(C3CCCC3)n2)CCN1. The second kappa shape index (κ2) is 6.49. The largest absolute Gasteiger partial charge is 0.309 e. The summed E-state index contributed by atoms with van der Waals surface area (Å²) in [6, 6.07) is 2.88. The fraction of sp³-hybridized carbons (Fsp3) is 0.824. The molecule has 0 spiro atoms. The number of hydrogen-bond acceptors (Lipinski definition) is 3. The van der Waals surface area contributed by atoms with Gasteiger partial charge in [0.25, 0.3) is 0 Å². The van der Waals surface area contributed by atoms with Gasteiger partial charge in [0, 0.05) is 37.9 Å². The van der Waals surface area contributed by atoms with Crippen molar-refractivity contribution in [2.75, 3.05) is 19.6 Å². The minimum Gasteiger partial charge on any atom is -0.309 e. The van der Waals surface area contributed by atoms with Crippen molar-refractivity contribution in [2.24, 2.45) is 0 Å². The zero-order valence-corrected chi connectivity index (χ0v) is 13.6. The van der Waals surface area contributed by atoms with Crippen molar-refractivity contribution in [3.05, 3.63) is 18.0 Å². The number of rotatable bonds is 5. The van der Waals surface area contributed by atoms with Crippen LogP contribution in [0.3, 0.4) is 0 Å². The van der Waals surface area contributed by atoms with E-state index in [1.807, 2.05) is 0 Å². The average Bonchev–Trinajstić information content (AvgIpc) is 3.18. The zero-order chi connectivity index (χ0) is 14.7. The van der Waals surface area contributed by atoms with Crippen LogP contribution in [0.1, 0.15) is 64.1 Å². The summed E-state index contributed by atoms with van der Waals surface area (Å²) in [6.07, 6.45) is 9.96. The Kier molecular flexibility index (Phi) is 4.65. The minimum absolute atomic E-state index is 0.312. The lowest BCUT2D eigenvalue weighted by Gasteiger charge is -2.43. The average molecular weight is 290 g/mol. The van der Waals surface area contributed by atoms with Crippen molar-refractivity contribution in [3.63, 3.8) is 0 Å². The van der Waals surface area contributed by atoms with E-state index in [2.05, 4.69) is 41.0 Å². The molecular weight excluding hydrogens is 260 g/mol. The second-order valence-corrected chi connectivity index (χ2v) is 6.85. The zero-order valence-electron chi connectivity index (χ0n) is 13.6. The van der Waals surface area contributed by atoms with Gasteiger partial charge in [-0.1, -0.05) is 26.7 Å². The highest BCUT2D eigenvalue weighted by Gasteiger charge is 2.31. The predicted molar refractivity (Wildman–Crippen MR) is 86.3 cm³/mol. The monoisotopic (exact) mass is 290 g/mol. The van der Waals surface area contributed by atoms with Crippen LogP contribution < -0.4 is 5.32 Å². The maximum Gasteiger partial charge on any atom is 0.0764 e. The first-order valence-corrected chi connectivity index (χ1v) is 8.76. The molecule has 1 aromatic heterocycles. The molecule has 0 bridgehead atoms. The molecule has 21 heavy (non-hydrogen) atoms. The van der Waals surface area contributed by atoms with Crippen molar-refractivity contribution >= 4 is 0 Å². The van der Waals surface area contributed by atoms with Gasteiger partial charge in [-0.25, -0.2) is 0 Å². The van der Waals surface area contributed by atoms with Gasteiger partial charge in [0.05, 0.1) is 11.7 Å². The Morgan fingerprint density at radius 1 is 1.29 bits per heavy atom. The van der Waals surface area contributed by atoms with Gasteiger partial charge in [-0.3, -0.25) is 9.58 Å². The molecule has 2 heterocycles. The molecule has 4 nitrogen and oxygen atoms in total. The van der Waals surface area contributed by atoms with Crippen molar-refractivity contribution in [2.45, 2.75) is 70.5 Å². The summed E-state index contributed by atoms with van der Waals surface area (Å²) in [4.78, 5) is 2.57. The third-order valence-electron chi connectivity index (χ3n) is 5.56. The molecule has 0 unspecified atom stereocenters. The van der Waals surface area contributed by atoms with Gasteiger partial charge in [-0.05, 0) is 31.7 Å². The van der Waals surface area contributed by atoms with E-state index in [-0.39, 0.29) is 0 Å². The van der Waals surface area contributed by atoms with Crippen molar-refractivity contribution in [1.29, 1.82) is 0 Å². The van der Waals surface area contributed by atoms with Crippen LogP contribution in [0.4, 0.5) is 0 Å². The number of hydrogen-bond donors (Lipinski definition) is 1. The first kappa shape index (κ1) is 15.0. The number of piperazine rings is 1. The normalized spacial score (nSPS) is 23.7. The van der Waals surface area contributed by atoms with Gasteiger partial charge in [0.2, 0.25) is 0 Å². The third kappa shape index (κ3) is 3.32. The molecular formula is C17H30N4. The van der Waals surface area contributed by atoms with E-state index in [9.17, 15) is 0 Å². The Labute approximate surface area is 128 Å². The molecule has 0 aromatic carbocycles. The van der Waals surface area contributed by atoms with E-state index in [1.54, 1.807) is 0 Å². The predicted octanol–water partition coefficient (Wildman–Crippen LogP) is 2.96. The molecule has 1 saturated heterocycles. The molecule has 0 atom stereocenters. The van der Waals surface area contributed by atoms with Crippen LogP contribution in [-0.2, 0) is 6.54 Å². The van der Waals surface area contributed by atoms with E-state index < -0.39 is 0 Å². The van der Waals surface area contributed by atoms with Crippen LogP contribution in [0.5, 0.6) is 0 Å². The summed E-state index contributed by atoms with van der Waals surface area (Å²) >= 11 is 0. The maximum atomic E-state index is 4.84. The third-order valence-corrected chi connectivity index (χ3v) is 5.56. The van der Waals surface area contributed by atoms with Crippen molar-refractivity contribution in [3.8, 4) is 0 Å². The quantitative estimate of drug-likeness (QED) is 0.905. The Bertz CT molecular complexity index is 443. The van der Waals surface area contributed by atoms with Crippen LogP contribution in [0, 0.1) is 0 Å². The molecule has 0 radical (unpaired) electrons. The molecule has 1 aliphatic heterocycles. The van der Waals surface area contributed by atoms with Gasteiger partial charge in [0.1, 0.15) is 0 Å². The van der Waals surface area contributed by atoms with E-state index in [4.69, 9.17) is 5.10 Å². The molecule has 2 aliphatic rings. The van der Waals surface area contributed by atoms with Gasteiger partial charge in [0.15, 0.2) is 0 Å². The lowest BCUT2D eigenvalue weighted by molar-refractivity contribution is 0.117. The van der Waals surface area contributed by atoms with Gasteiger partial charge < -0.3 is 5.32 Å². The van der Waals surface area contributed by atoms with E-state index in [0.29, 0.717) is 11.6 Å².